The first-order valence-corrected chi connectivity index (χ1v) is 7.00. The lowest BCUT2D eigenvalue weighted by atomic mass is 10.1. The van der Waals surface area contributed by atoms with Gasteiger partial charge in [0.25, 0.3) is 0 Å². The molecule has 5 N–H and O–H groups in total. The Labute approximate surface area is 127 Å². The van der Waals surface area contributed by atoms with E-state index in [1.54, 1.807) is 6.33 Å². The number of carbonyl (C=O) groups excluding carboxylic acids is 1. The first kappa shape index (κ1) is 14.1. The second-order valence-electron chi connectivity index (χ2n) is 4.97. The smallest absolute Gasteiger partial charge is 0.319 e. The average molecular weight is 295 g/mol. The van der Waals surface area contributed by atoms with Gasteiger partial charge < -0.3 is 21.4 Å². The van der Waals surface area contributed by atoms with Crippen LogP contribution in [0.5, 0.6) is 0 Å². The molecule has 0 aliphatic carbocycles. The zero-order chi connectivity index (χ0) is 15.4. The summed E-state index contributed by atoms with van der Waals surface area (Å²) in [6.45, 7) is 0.941. The fourth-order valence-corrected chi connectivity index (χ4v) is 2.24. The van der Waals surface area contributed by atoms with Gasteiger partial charge in [-0.2, -0.15) is 0 Å². The van der Waals surface area contributed by atoms with Crippen molar-refractivity contribution >= 4 is 22.8 Å². The summed E-state index contributed by atoms with van der Waals surface area (Å²) < 4.78 is 0. The van der Waals surface area contributed by atoms with Crippen molar-refractivity contribution in [2.75, 3.05) is 5.32 Å². The van der Waals surface area contributed by atoms with Gasteiger partial charge in [0.05, 0.1) is 17.4 Å². The highest BCUT2D eigenvalue weighted by Crippen LogP contribution is 2.15. The molecule has 0 aliphatic heterocycles. The number of hydrogen-bond donors (Lipinski definition) is 4. The molecule has 1 aromatic heterocycles. The minimum atomic E-state index is -0.253. The van der Waals surface area contributed by atoms with Crippen molar-refractivity contribution in [2.45, 2.75) is 13.1 Å². The molecule has 3 aromatic rings. The number of imidazole rings is 1. The minimum absolute atomic E-state index is 0.253. The Morgan fingerprint density at radius 2 is 2.05 bits per heavy atom. The number of anilines is 1. The summed E-state index contributed by atoms with van der Waals surface area (Å²) in [6, 6.07) is 13.1. The molecule has 0 saturated heterocycles. The number of aromatic nitrogens is 2. The number of nitrogens with two attached hydrogens (primary N) is 1. The molecule has 0 radical (unpaired) electrons. The molecule has 0 aliphatic rings. The van der Waals surface area contributed by atoms with E-state index in [1.165, 1.54) is 0 Å². The molecule has 1 heterocycles. The van der Waals surface area contributed by atoms with Gasteiger partial charge in [-0.15, -0.1) is 0 Å². The van der Waals surface area contributed by atoms with Gasteiger partial charge in [0.1, 0.15) is 0 Å². The van der Waals surface area contributed by atoms with E-state index in [0.29, 0.717) is 18.8 Å². The van der Waals surface area contributed by atoms with Crippen LogP contribution in [0, 0.1) is 0 Å². The molecule has 6 heteroatoms. The molecular weight excluding hydrogens is 278 g/mol. The number of fused-ring (bicyclic) bond motifs is 1. The largest absolute Gasteiger partial charge is 0.345 e. The Hall–Kier alpha value is -2.86. The summed E-state index contributed by atoms with van der Waals surface area (Å²) in [5.41, 5.74) is 10.1. The number of rotatable bonds is 4. The Bertz CT molecular complexity index is 796. The van der Waals surface area contributed by atoms with E-state index >= 15 is 0 Å². The van der Waals surface area contributed by atoms with Crippen molar-refractivity contribution < 1.29 is 4.79 Å². The van der Waals surface area contributed by atoms with E-state index in [2.05, 4.69) is 20.6 Å². The topological polar surface area (TPSA) is 95.8 Å². The molecule has 0 fully saturated rings. The monoisotopic (exact) mass is 295 g/mol. The fourth-order valence-electron chi connectivity index (χ4n) is 2.24. The highest BCUT2D eigenvalue weighted by atomic mass is 16.2. The number of aromatic amines is 1. The predicted molar refractivity (Wildman–Crippen MR) is 86.3 cm³/mol. The average Bonchev–Trinajstić information content (AvgIpc) is 3.01. The zero-order valence-electron chi connectivity index (χ0n) is 12.0. The Morgan fingerprint density at radius 3 is 2.91 bits per heavy atom. The molecule has 2 aromatic carbocycles. The van der Waals surface area contributed by atoms with Gasteiger partial charge in [-0.05, 0) is 29.3 Å². The predicted octanol–water partition coefficient (Wildman–Crippen LogP) is 2.34. The zero-order valence-corrected chi connectivity index (χ0v) is 12.0. The minimum Gasteiger partial charge on any atom is -0.345 e. The van der Waals surface area contributed by atoms with Crippen LogP contribution in [0.4, 0.5) is 10.5 Å². The Balaban J connectivity index is 1.59. The number of H-pyrrole nitrogens is 1. The SMILES string of the molecule is NCc1cccc(CNC(=O)Nc2ccc3nc[nH]c3c2)c1. The summed E-state index contributed by atoms with van der Waals surface area (Å²) in [6.07, 6.45) is 1.62. The first-order chi connectivity index (χ1) is 10.7. The van der Waals surface area contributed by atoms with E-state index in [0.717, 1.165) is 22.2 Å². The second kappa shape index (κ2) is 6.28. The maximum absolute atomic E-state index is 11.9. The molecule has 3 rings (SSSR count). The van der Waals surface area contributed by atoms with Crippen LogP contribution >= 0.6 is 0 Å². The lowest BCUT2D eigenvalue weighted by Gasteiger charge is -2.08. The third-order valence-corrected chi connectivity index (χ3v) is 3.36. The van der Waals surface area contributed by atoms with E-state index in [9.17, 15) is 4.79 Å². The van der Waals surface area contributed by atoms with Crippen LogP contribution in [0.15, 0.2) is 48.8 Å². The molecule has 2 amide bonds. The van der Waals surface area contributed by atoms with Gasteiger partial charge in [0, 0.05) is 18.8 Å². The molecule has 0 unspecified atom stereocenters. The number of nitrogens with one attached hydrogen (secondary N) is 3. The lowest BCUT2D eigenvalue weighted by molar-refractivity contribution is 0.251. The van der Waals surface area contributed by atoms with E-state index in [-0.39, 0.29) is 6.03 Å². The van der Waals surface area contributed by atoms with Gasteiger partial charge in [-0.25, -0.2) is 9.78 Å². The normalized spacial score (nSPS) is 10.6. The molecule has 6 nitrogen and oxygen atoms in total. The van der Waals surface area contributed by atoms with Crippen molar-refractivity contribution in [1.82, 2.24) is 15.3 Å². The number of nitrogens with zero attached hydrogens (tertiary/aromatic N) is 1. The van der Waals surface area contributed by atoms with Gasteiger partial charge >= 0.3 is 6.03 Å². The molecule has 0 saturated carbocycles. The van der Waals surface area contributed by atoms with E-state index < -0.39 is 0 Å². The maximum atomic E-state index is 11.9. The fraction of sp³-hybridized carbons (Fsp3) is 0.125. The first-order valence-electron chi connectivity index (χ1n) is 7.00. The summed E-state index contributed by atoms with van der Waals surface area (Å²) in [7, 11) is 0. The quantitative estimate of drug-likeness (QED) is 0.595. The third-order valence-electron chi connectivity index (χ3n) is 3.36. The molecule has 112 valence electrons. The number of amides is 2. The van der Waals surface area contributed by atoms with Crippen LogP contribution in [-0.2, 0) is 13.1 Å². The Morgan fingerprint density at radius 1 is 1.18 bits per heavy atom. The highest BCUT2D eigenvalue weighted by molar-refractivity contribution is 5.91. The summed E-state index contributed by atoms with van der Waals surface area (Å²) in [5.74, 6) is 0. The summed E-state index contributed by atoms with van der Waals surface area (Å²) in [5, 5.41) is 5.62. The second-order valence-corrected chi connectivity index (χ2v) is 4.97. The number of urea groups is 1. The van der Waals surface area contributed by atoms with Crippen molar-refractivity contribution in [3.05, 3.63) is 59.9 Å². The van der Waals surface area contributed by atoms with Crippen LogP contribution in [-0.4, -0.2) is 16.0 Å². The van der Waals surface area contributed by atoms with E-state index in [4.69, 9.17) is 5.73 Å². The molecule has 0 spiro atoms. The highest BCUT2D eigenvalue weighted by Gasteiger charge is 2.04. The molecule has 0 atom stereocenters. The third kappa shape index (κ3) is 3.24. The standard InChI is InChI=1S/C16H17N5O/c17-8-11-2-1-3-12(6-11)9-18-16(22)21-13-4-5-14-15(7-13)20-10-19-14/h1-7,10H,8-9,17H2,(H,19,20)(H2,18,21,22). The van der Waals surface area contributed by atoms with Gasteiger partial charge in [0.2, 0.25) is 0 Å². The van der Waals surface area contributed by atoms with Crippen molar-refractivity contribution in [1.29, 1.82) is 0 Å². The molecule has 0 bridgehead atoms. The molecule has 22 heavy (non-hydrogen) atoms. The van der Waals surface area contributed by atoms with Crippen LogP contribution in [0.25, 0.3) is 11.0 Å². The molecular formula is C16H17N5O. The van der Waals surface area contributed by atoms with E-state index in [1.807, 2.05) is 42.5 Å². The summed E-state index contributed by atoms with van der Waals surface area (Å²) in [4.78, 5) is 19.1. The van der Waals surface area contributed by atoms with Crippen LogP contribution < -0.4 is 16.4 Å². The maximum Gasteiger partial charge on any atom is 0.319 e. The van der Waals surface area contributed by atoms with Crippen LogP contribution in [0.2, 0.25) is 0 Å². The number of carbonyl (C=O) groups is 1. The van der Waals surface area contributed by atoms with Gasteiger partial charge in [-0.1, -0.05) is 24.3 Å². The van der Waals surface area contributed by atoms with Gasteiger partial charge in [0.15, 0.2) is 0 Å². The summed E-state index contributed by atoms with van der Waals surface area (Å²) >= 11 is 0. The van der Waals surface area contributed by atoms with Gasteiger partial charge in [-0.3, -0.25) is 0 Å². The number of hydrogen-bond acceptors (Lipinski definition) is 3. The van der Waals surface area contributed by atoms with Crippen molar-refractivity contribution in [3.63, 3.8) is 0 Å². The van der Waals surface area contributed by atoms with Crippen LogP contribution in [0.1, 0.15) is 11.1 Å². The Kier molecular flexibility index (Phi) is 4.02. The lowest BCUT2D eigenvalue weighted by Crippen LogP contribution is -2.28. The van der Waals surface area contributed by atoms with Crippen molar-refractivity contribution in [2.24, 2.45) is 5.73 Å². The van der Waals surface area contributed by atoms with Crippen molar-refractivity contribution in [3.8, 4) is 0 Å². The number of benzene rings is 2. The van der Waals surface area contributed by atoms with Crippen LogP contribution in [0.3, 0.4) is 0 Å².